The highest BCUT2D eigenvalue weighted by Crippen LogP contribution is 2.31. The van der Waals surface area contributed by atoms with Crippen molar-refractivity contribution in [1.29, 1.82) is 0 Å². The van der Waals surface area contributed by atoms with Crippen molar-refractivity contribution in [3.8, 4) is 11.4 Å². The molecule has 3 aromatic rings. The van der Waals surface area contributed by atoms with Gasteiger partial charge in [0.05, 0.1) is 11.2 Å². The zero-order valence-electron chi connectivity index (χ0n) is 18.6. The van der Waals surface area contributed by atoms with Crippen molar-refractivity contribution in [3.63, 3.8) is 0 Å². The third-order valence-corrected chi connectivity index (χ3v) is 5.82. The molecule has 1 saturated carbocycles. The van der Waals surface area contributed by atoms with Crippen LogP contribution in [0.25, 0.3) is 22.4 Å². The number of ether oxygens (including phenoxy) is 1. The number of amides is 1. The topological polar surface area (TPSA) is 94.0 Å². The molecule has 1 aliphatic carbocycles. The monoisotopic (exact) mass is 492 g/mol. The number of pyridine rings is 1. The lowest BCUT2D eigenvalue weighted by atomic mass is 9.91. The summed E-state index contributed by atoms with van der Waals surface area (Å²) in [6, 6.07) is 1.63. The molecule has 2 N–H and O–H groups in total. The second kappa shape index (κ2) is 9.34. The van der Waals surface area contributed by atoms with Crippen LogP contribution in [0, 0.1) is 5.82 Å². The van der Waals surface area contributed by atoms with Gasteiger partial charge in [-0.1, -0.05) is 24.4 Å². The molecule has 0 aliphatic heterocycles. The number of carbonyl (C=O) groups excluding carboxylic acids is 1. The summed E-state index contributed by atoms with van der Waals surface area (Å²) in [4.78, 5) is 25.0. The summed E-state index contributed by atoms with van der Waals surface area (Å²) < 4.78 is 21.5. The molecule has 0 bridgehead atoms. The van der Waals surface area contributed by atoms with Crippen LogP contribution < -0.4 is 10.6 Å². The van der Waals surface area contributed by atoms with Gasteiger partial charge in [-0.15, -0.1) is 0 Å². The van der Waals surface area contributed by atoms with Crippen molar-refractivity contribution in [3.05, 3.63) is 35.5 Å². The average Bonchev–Trinajstić information content (AvgIpc) is 3.04. The number of halogens is 2. The van der Waals surface area contributed by atoms with E-state index in [9.17, 15) is 9.18 Å². The van der Waals surface area contributed by atoms with E-state index in [2.05, 4.69) is 38.4 Å². The van der Waals surface area contributed by atoms with E-state index < -0.39 is 17.5 Å². The van der Waals surface area contributed by atoms with Gasteiger partial charge in [-0.05, 0) is 52.5 Å². The van der Waals surface area contributed by atoms with Crippen LogP contribution in [0.3, 0.4) is 0 Å². The van der Waals surface area contributed by atoms with Gasteiger partial charge >= 0.3 is 6.09 Å². The predicted octanol–water partition coefficient (Wildman–Crippen LogP) is 5.23. The average molecular weight is 493 g/mol. The van der Waals surface area contributed by atoms with E-state index in [-0.39, 0.29) is 17.9 Å². The summed E-state index contributed by atoms with van der Waals surface area (Å²) in [5.74, 6) is -0.107. The maximum absolute atomic E-state index is 14.6. The van der Waals surface area contributed by atoms with Crippen molar-refractivity contribution >= 4 is 47.4 Å². The van der Waals surface area contributed by atoms with Crippen molar-refractivity contribution in [2.45, 2.75) is 64.1 Å². The largest absolute Gasteiger partial charge is 0.444 e. The molecule has 0 spiro atoms. The first kappa shape index (κ1) is 23.6. The van der Waals surface area contributed by atoms with Gasteiger partial charge in [0.1, 0.15) is 5.60 Å². The summed E-state index contributed by atoms with van der Waals surface area (Å²) in [5.41, 5.74) is 0.682. The van der Waals surface area contributed by atoms with Gasteiger partial charge in [-0.25, -0.2) is 24.1 Å². The van der Waals surface area contributed by atoms with Crippen LogP contribution in [0.4, 0.5) is 15.0 Å². The second-order valence-electron chi connectivity index (χ2n) is 9.15. The Balaban J connectivity index is 1.51. The Morgan fingerprint density at radius 1 is 1.27 bits per heavy atom. The molecule has 2 atom stereocenters. The van der Waals surface area contributed by atoms with E-state index in [1.807, 2.05) is 20.8 Å². The lowest BCUT2D eigenvalue weighted by Crippen LogP contribution is -2.44. The minimum atomic E-state index is -0.563. The van der Waals surface area contributed by atoms with Gasteiger partial charge in [0, 0.05) is 35.4 Å². The molecule has 1 amide bonds. The molecule has 33 heavy (non-hydrogen) atoms. The Kier molecular flexibility index (Phi) is 6.67. The summed E-state index contributed by atoms with van der Waals surface area (Å²) in [6.45, 7) is 5.47. The van der Waals surface area contributed by atoms with Crippen molar-refractivity contribution < 1.29 is 13.9 Å². The van der Waals surface area contributed by atoms with E-state index in [0.29, 0.717) is 33.9 Å². The Hall–Kier alpha value is -2.59. The molecule has 1 aliphatic rings. The van der Waals surface area contributed by atoms with Crippen molar-refractivity contribution in [2.75, 3.05) is 5.32 Å². The number of aromatic nitrogens is 4. The van der Waals surface area contributed by atoms with E-state index in [4.69, 9.17) is 16.3 Å². The zero-order chi connectivity index (χ0) is 23.8. The quantitative estimate of drug-likeness (QED) is 0.432. The molecule has 11 heteroatoms. The number of carbonyl (C=O) groups is 1. The minimum Gasteiger partial charge on any atom is -0.444 e. The van der Waals surface area contributed by atoms with Gasteiger partial charge in [-0.2, -0.15) is 0 Å². The number of nitrogens with one attached hydrogen (secondary N) is 2. The molecule has 2 unspecified atom stereocenters. The number of nitrogens with zero attached hydrogens (tertiary/aromatic N) is 4. The van der Waals surface area contributed by atoms with Crippen molar-refractivity contribution in [2.24, 2.45) is 0 Å². The molecule has 4 rings (SSSR count). The van der Waals surface area contributed by atoms with Crippen LogP contribution in [0.15, 0.2) is 24.7 Å². The van der Waals surface area contributed by atoms with Crippen LogP contribution >= 0.6 is 24.4 Å². The fourth-order valence-corrected chi connectivity index (χ4v) is 4.39. The molecule has 3 heterocycles. The first-order valence-electron chi connectivity index (χ1n) is 10.7. The molecule has 0 saturated heterocycles. The van der Waals surface area contributed by atoms with Gasteiger partial charge in [0.25, 0.3) is 0 Å². The number of alkyl carbamates (subject to hydrolysis) is 1. The smallest absolute Gasteiger partial charge is 0.407 e. The van der Waals surface area contributed by atoms with Crippen molar-refractivity contribution in [1.82, 2.24) is 24.2 Å². The Morgan fingerprint density at radius 3 is 2.79 bits per heavy atom. The lowest BCUT2D eigenvalue weighted by Gasteiger charge is -2.31. The van der Waals surface area contributed by atoms with Crippen LogP contribution in [0.2, 0.25) is 5.02 Å². The molecule has 1 fully saturated rings. The molecular weight excluding hydrogens is 467 g/mol. The van der Waals surface area contributed by atoms with E-state index in [1.54, 1.807) is 16.2 Å². The second-order valence-corrected chi connectivity index (χ2v) is 10.0. The minimum absolute atomic E-state index is 0.0572. The highest BCUT2D eigenvalue weighted by Gasteiger charge is 2.26. The van der Waals surface area contributed by atoms with Gasteiger partial charge in [0.15, 0.2) is 23.1 Å². The highest BCUT2D eigenvalue weighted by atomic mass is 35.5. The summed E-state index contributed by atoms with van der Waals surface area (Å²) in [5, 5.41) is 7.29. The Bertz CT molecular complexity index is 1180. The van der Waals surface area contributed by atoms with E-state index in [1.165, 1.54) is 6.20 Å². The fraction of sp³-hybridized carbons (Fsp3) is 0.455. The number of anilines is 1. The summed E-state index contributed by atoms with van der Waals surface area (Å²) in [6.07, 6.45) is 7.13. The fourth-order valence-electron chi connectivity index (χ4n) is 3.96. The molecule has 0 aromatic carbocycles. The standard InChI is InChI=1S/C22H26ClFN6O2S/c1-22(2,3)32-21(31)28-14-6-4-5-13(8-14)27-19-17(24)10-25-18(29-19)16-11-30(33)20-15(16)7-12(23)9-26-20/h7,9-11,13-14,33H,4-6,8H2,1-3H3,(H,28,31)(H,25,27,29). The maximum atomic E-state index is 14.6. The number of rotatable bonds is 4. The lowest BCUT2D eigenvalue weighted by molar-refractivity contribution is 0.0492. The zero-order valence-corrected chi connectivity index (χ0v) is 20.3. The Morgan fingerprint density at radius 2 is 2.03 bits per heavy atom. The third kappa shape index (κ3) is 5.67. The molecule has 176 valence electrons. The molecule has 0 radical (unpaired) electrons. The van der Waals surface area contributed by atoms with Gasteiger partial charge < -0.3 is 15.4 Å². The van der Waals surface area contributed by atoms with Crippen LogP contribution in [-0.4, -0.2) is 42.7 Å². The number of thiol groups is 1. The first-order chi connectivity index (χ1) is 15.6. The third-order valence-electron chi connectivity index (χ3n) is 5.31. The molecule has 3 aromatic heterocycles. The summed E-state index contributed by atoms with van der Waals surface area (Å²) >= 11 is 10.5. The van der Waals surface area contributed by atoms with Crippen LogP contribution in [0.1, 0.15) is 46.5 Å². The molecule has 8 nitrogen and oxygen atoms in total. The number of hydrogen-bond acceptors (Lipinski definition) is 7. The molecular formula is C22H26ClFN6O2S. The van der Waals surface area contributed by atoms with Gasteiger partial charge in [0.2, 0.25) is 0 Å². The number of hydrogen-bond donors (Lipinski definition) is 3. The van der Waals surface area contributed by atoms with E-state index >= 15 is 0 Å². The Labute approximate surface area is 201 Å². The predicted molar refractivity (Wildman–Crippen MR) is 129 cm³/mol. The number of fused-ring (bicyclic) bond motifs is 1. The van der Waals surface area contributed by atoms with E-state index in [0.717, 1.165) is 25.5 Å². The van der Waals surface area contributed by atoms with Crippen LogP contribution in [-0.2, 0) is 4.74 Å². The normalized spacial score (nSPS) is 18.8. The maximum Gasteiger partial charge on any atom is 0.407 e. The summed E-state index contributed by atoms with van der Waals surface area (Å²) in [7, 11) is 0. The van der Waals surface area contributed by atoms with Crippen LogP contribution in [0.5, 0.6) is 0 Å². The van der Waals surface area contributed by atoms with Gasteiger partial charge in [-0.3, -0.25) is 3.97 Å². The SMILES string of the molecule is CC(C)(C)OC(=O)NC1CCCC(Nc2nc(-c3cn(S)c4ncc(Cl)cc34)ncc2F)C1. The highest BCUT2D eigenvalue weighted by molar-refractivity contribution is 7.78. The first-order valence-corrected chi connectivity index (χ1v) is 11.5.